The third-order valence-electron chi connectivity index (χ3n) is 3.07. The first kappa shape index (κ1) is 12.5. The molecule has 0 aromatic heterocycles. The molecule has 0 aliphatic heterocycles. The number of hydrogen-bond acceptors (Lipinski definition) is 3. The van der Waals surface area contributed by atoms with E-state index in [4.69, 9.17) is 10.5 Å². The van der Waals surface area contributed by atoms with E-state index >= 15 is 0 Å². The highest BCUT2D eigenvalue weighted by Gasteiger charge is 2.24. The summed E-state index contributed by atoms with van der Waals surface area (Å²) in [6.45, 7) is 4.24. The predicted molar refractivity (Wildman–Crippen MR) is 60.4 cm³/mol. The Morgan fingerprint density at radius 1 is 1.53 bits per heavy atom. The lowest BCUT2D eigenvalue weighted by Gasteiger charge is -2.27. The van der Waals surface area contributed by atoms with Gasteiger partial charge in [0, 0.05) is 0 Å². The van der Waals surface area contributed by atoms with E-state index in [0.29, 0.717) is 5.92 Å². The van der Waals surface area contributed by atoms with Crippen LogP contribution in [-0.2, 0) is 9.53 Å². The van der Waals surface area contributed by atoms with Crippen molar-refractivity contribution in [2.75, 3.05) is 0 Å². The SMILES string of the molecule is CCC[C@@H](N)C(=O)OC1CCCC(C)C1. The van der Waals surface area contributed by atoms with Gasteiger partial charge in [0.1, 0.15) is 12.1 Å². The second-order valence-corrected chi connectivity index (χ2v) is 4.73. The molecule has 15 heavy (non-hydrogen) atoms. The van der Waals surface area contributed by atoms with Gasteiger partial charge in [-0.2, -0.15) is 0 Å². The summed E-state index contributed by atoms with van der Waals surface area (Å²) in [6, 6.07) is -0.424. The number of esters is 1. The van der Waals surface area contributed by atoms with Gasteiger partial charge in [0.25, 0.3) is 0 Å². The molecule has 0 amide bonds. The van der Waals surface area contributed by atoms with Crippen molar-refractivity contribution in [1.82, 2.24) is 0 Å². The van der Waals surface area contributed by atoms with Crippen LogP contribution in [0, 0.1) is 5.92 Å². The van der Waals surface area contributed by atoms with E-state index in [-0.39, 0.29) is 12.1 Å². The van der Waals surface area contributed by atoms with Gasteiger partial charge in [-0.05, 0) is 31.6 Å². The highest BCUT2D eigenvalue weighted by atomic mass is 16.5. The first-order valence-electron chi connectivity index (χ1n) is 6.09. The highest BCUT2D eigenvalue weighted by Crippen LogP contribution is 2.25. The second-order valence-electron chi connectivity index (χ2n) is 4.73. The number of carbonyl (C=O) groups excluding carboxylic acids is 1. The van der Waals surface area contributed by atoms with Crippen LogP contribution in [0.15, 0.2) is 0 Å². The van der Waals surface area contributed by atoms with Gasteiger partial charge in [0.05, 0.1) is 0 Å². The lowest BCUT2D eigenvalue weighted by Crippen LogP contribution is -2.36. The van der Waals surface area contributed by atoms with Crippen molar-refractivity contribution in [3.05, 3.63) is 0 Å². The van der Waals surface area contributed by atoms with Gasteiger partial charge >= 0.3 is 5.97 Å². The zero-order valence-corrected chi connectivity index (χ0v) is 9.87. The van der Waals surface area contributed by atoms with Crippen molar-refractivity contribution in [2.24, 2.45) is 11.7 Å². The predicted octanol–water partition coefficient (Wildman–Crippen LogP) is 2.24. The minimum Gasteiger partial charge on any atom is -0.461 e. The fraction of sp³-hybridized carbons (Fsp3) is 0.917. The molecule has 0 saturated heterocycles. The lowest BCUT2D eigenvalue weighted by molar-refractivity contribution is -0.153. The molecular formula is C12H23NO2. The molecule has 0 aromatic rings. The molecule has 2 N–H and O–H groups in total. The van der Waals surface area contributed by atoms with Gasteiger partial charge in [-0.25, -0.2) is 0 Å². The van der Waals surface area contributed by atoms with Gasteiger partial charge < -0.3 is 10.5 Å². The van der Waals surface area contributed by atoms with E-state index in [1.165, 1.54) is 12.8 Å². The molecule has 1 aliphatic rings. The summed E-state index contributed by atoms with van der Waals surface area (Å²) in [5.41, 5.74) is 5.71. The van der Waals surface area contributed by atoms with E-state index < -0.39 is 6.04 Å². The average Bonchev–Trinajstić information content (AvgIpc) is 2.18. The molecular weight excluding hydrogens is 190 g/mol. The average molecular weight is 213 g/mol. The van der Waals surface area contributed by atoms with E-state index in [1.54, 1.807) is 0 Å². The Labute approximate surface area is 92.4 Å². The highest BCUT2D eigenvalue weighted by molar-refractivity contribution is 5.75. The molecule has 1 fully saturated rings. The third-order valence-corrected chi connectivity index (χ3v) is 3.07. The summed E-state index contributed by atoms with van der Waals surface area (Å²) >= 11 is 0. The Morgan fingerprint density at radius 2 is 2.27 bits per heavy atom. The minimum absolute atomic E-state index is 0.115. The van der Waals surface area contributed by atoms with E-state index in [0.717, 1.165) is 25.7 Å². The van der Waals surface area contributed by atoms with Crippen LogP contribution in [-0.4, -0.2) is 18.1 Å². The van der Waals surface area contributed by atoms with Crippen LogP contribution in [0.3, 0.4) is 0 Å². The number of ether oxygens (including phenoxy) is 1. The van der Waals surface area contributed by atoms with E-state index in [9.17, 15) is 4.79 Å². The Balaban J connectivity index is 2.30. The molecule has 1 rings (SSSR count). The van der Waals surface area contributed by atoms with Crippen LogP contribution in [0.4, 0.5) is 0 Å². The Kier molecular flexibility index (Phi) is 5.09. The summed E-state index contributed by atoms with van der Waals surface area (Å²) in [6.07, 6.45) is 6.21. The van der Waals surface area contributed by atoms with Crippen LogP contribution in [0.5, 0.6) is 0 Å². The Bertz CT molecular complexity index is 206. The van der Waals surface area contributed by atoms with Gasteiger partial charge in [0.15, 0.2) is 0 Å². The topological polar surface area (TPSA) is 52.3 Å². The Hall–Kier alpha value is -0.570. The molecule has 0 heterocycles. The van der Waals surface area contributed by atoms with Crippen LogP contribution >= 0.6 is 0 Å². The number of hydrogen-bond donors (Lipinski definition) is 1. The molecule has 0 radical (unpaired) electrons. The van der Waals surface area contributed by atoms with Crippen LogP contribution in [0.2, 0.25) is 0 Å². The molecule has 3 heteroatoms. The number of rotatable bonds is 4. The summed E-state index contributed by atoms with van der Waals surface area (Å²) < 4.78 is 5.41. The number of carbonyl (C=O) groups is 1. The third kappa shape index (κ3) is 4.20. The fourth-order valence-electron chi connectivity index (χ4n) is 2.17. The second kappa shape index (κ2) is 6.11. The van der Waals surface area contributed by atoms with Gasteiger partial charge in [-0.1, -0.05) is 26.7 Å². The molecule has 1 saturated carbocycles. The molecule has 1 aliphatic carbocycles. The van der Waals surface area contributed by atoms with Crippen molar-refractivity contribution in [3.8, 4) is 0 Å². The fourth-order valence-corrected chi connectivity index (χ4v) is 2.17. The monoisotopic (exact) mass is 213 g/mol. The van der Waals surface area contributed by atoms with Crippen LogP contribution in [0.1, 0.15) is 52.4 Å². The van der Waals surface area contributed by atoms with E-state index in [1.807, 2.05) is 6.92 Å². The van der Waals surface area contributed by atoms with Gasteiger partial charge in [-0.3, -0.25) is 4.79 Å². The van der Waals surface area contributed by atoms with Crippen LogP contribution < -0.4 is 5.73 Å². The van der Waals surface area contributed by atoms with Crippen molar-refractivity contribution in [2.45, 2.75) is 64.5 Å². The zero-order chi connectivity index (χ0) is 11.3. The van der Waals surface area contributed by atoms with Crippen molar-refractivity contribution < 1.29 is 9.53 Å². The molecule has 0 aromatic carbocycles. The molecule has 88 valence electrons. The first-order chi connectivity index (χ1) is 7.13. The molecule has 2 unspecified atom stereocenters. The Morgan fingerprint density at radius 3 is 2.87 bits per heavy atom. The van der Waals surface area contributed by atoms with Crippen molar-refractivity contribution >= 4 is 5.97 Å². The van der Waals surface area contributed by atoms with Crippen molar-refractivity contribution in [3.63, 3.8) is 0 Å². The van der Waals surface area contributed by atoms with E-state index in [2.05, 4.69) is 6.92 Å². The zero-order valence-electron chi connectivity index (χ0n) is 9.87. The first-order valence-corrected chi connectivity index (χ1v) is 6.09. The summed E-state index contributed by atoms with van der Waals surface area (Å²) in [5, 5.41) is 0. The maximum atomic E-state index is 11.6. The maximum absolute atomic E-state index is 11.6. The molecule has 0 spiro atoms. The minimum atomic E-state index is -0.424. The summed E-state index contributed by atoms with van der Waals surface area (Å²) in [7, 11) is 0. The van der Waals surface area contributed by atoms with Gasteiger partial charge in [-0.15, -0.1) is 0 Å². The largest absolute Gasteiger partial charge is 0.461 e. The quantitative estimate of drug-likeness (QED) is 0.729. The molecule has 3 atom stereocenters. The maximum Gasteiger partial charge on any atom is 0.323 e. The molecule has 3 nitrogen and oxygen atoms in total. The summed E-state index contributed by atoms with van der Waals surface area (Å²) in [4.78, 5) is 11.6. The van der Waals surface area contributed by atoms with Gasteiger partial charge in [0.2, 0.25) is 0 Å². The smallest absolute Gasteiger partial charge is 0.323 e. The summed E-state index contributed by atoms with van der Waals surface area (Å²) in [5.74, 6) is 0.467. The lowest BCUT2D eigenvalue weighted by atomic mass is 9.89. The molecule has 0 bridgehead atoms. The number of nitrogens with two attached hydrogens (primary N) is 1. The normalized spacial score (nSPS) is 28.5. The van der Waals surface area contributed by atoms with Crippen LogP contribution in [0.25, 0.3) is 0 Å². The van der Waals surface area contributed by atoms with Crippen molar-refractivity contribution in [1.29, 1.82) is 0 Å². The standard InChI is InChI=1S/C12H23NO2/c1-3-5-11(13)12(14)15-10-7-4-6-9(2)8-10/h9-11H,3-8,13H2,1-2H3/t9?,10?,11-/m1/s1.